The second-order valence-corrected chi connectivity index (χ2v) is 14.2. The summed E-state index contributed by atoms with van der Waals surface area (Å²) in [5, 5.41) is 39.2. The number of hydrogen-bond donors (Lipinski definition) is 5. The number of anilines is 1. The molecule has 11 heteroatoms. The summed E-state index contributed by atoms with van der Waals surface area (Å²) in [6.07, 6.45) is 4.53. The Kier molecular flexibility index (Phi) is 7.87. The molecule has 1 aromatic rings. The average molecular weight is 612 g/mol. The fraction of sp³-hybridized carbons (Fsp3) is 0.667. The van der Waals surface area contributed by atoms with Crippen LogP contribution in [0.5, 0.6) is 5.75 Å². The van der Waals surface area contributed by atoms with Crippen molar-refractivity contribution < 1.29 is 39.3 Å². The number of phenolic OH excluding ortho intramolecular Hbond substituents is 1. The number of carbonyl (C=O) groups is 5. The summed E-state index contributed by atoms with van der Waals surface area (Å²) < 4.78 is 0. The fourth-order valence-corrected chi connectivity index (χ4v) is 9.28. The zero-order valence-electron chi connectivity index (χ0n) is 26.3. The van der Waals surface area contributed by atoms with E-state index in [0.29, 0.717) is 17.2 Å². The summed E-state index contributed by atoms with van der Waals surface area (Å²) in [5.41, 5.74) is -0.726. The minimum absolute atomic E-state index is 0.0964. The lowest BCUT2D eigenvalue weighted by Gasteiger charge is -2.65. The molecule has 2 unspecified atom stereocenters. The molecule has 0 bridgehead atoms. The van der Waals surface area contributed by atoms with Gasteiger partial charge < -0.3 is 26.4 Å². The van der Waals surface area contributed by atoms with Gasteiger partial charge in [0.15, 0.2) is 34.7 Å². The number of benzene rings is 1. The summed E-state index contributed by atoms with van der Waals surface area (Å²) in [5.74, 6) is -10.0. The summed E-state index contributed by atoms with van der Waals surface area (Å²) in [7, 11) is 2.95. The maximum atomic E-state index is 14.5. The second kappa shape index (κ2) is 10.7. The highest BCUT2D eigenvalue weighted by molar-refractivity contribution is 6.33. The van der Waals surface area contributed by atoms with Gasteiger partial charge in [0, 0.05) is 11.5 Å². The smallest absolute Gasteiger partial charge is 0.235 e. The molecule has 0 aromatic heterocycles. The van der Waals surface area contributed by atoms with Crippen LogP contribution >= 0.6 is 0 Å². The molecule has 3 saturated carbocycles. The lowest BCUT2D eigenvalue weighted by atomic mass is 9.39. The topological polar surface area (TPSA) is 187 Å². The Morgan fingerprint density at radius 1 is 1.07 bits per heavy atom. The van der Waals surface area contributed by atoms with Crippen LogP contribution in [0.1, 0.15) is 88.1 Å². The number of primary amides is 1. The molecular formula is C33H45N3O8. The molecule has 0 radical (unpaired) electrons. The molecule has 1 aromatic carbocycles. The number of aromatic hydroxyl groups is 1. The van der Waals surface area contributed by atoms with Crippen LogP contribution < -0.4 is 11.1 Å². The Labute approximate surface area is 257 Å². The first-order valence-corrected chi connectivity index (χ1v) is 15.7. The van der Waals surface area contributed by atoms with E-state index in [1.807, 2.05) is 0 Å². The molecule has 6 N–H and O–H groups in total. The Hall–Kier alpha value is -3.15. The normalized spacial score (nSPS) is 40.3. The Balaban J connectivity index is 1.61. The number of rotatable bonds is 6. The summed E-state index contributed by atoms with van der Waals surface area (Å²) in [6, 6.07) is 2.03. The SMILES string of the molecule is CCCC1CCC(Nc2ccc3c(c2O)C(=O)C2C(=O)[C@]4(O)C(=O)C(C(N)=O)C(=O)[C@@H](N(C)C)[C@]4(C)[C@@H](O)[C@]2(C)[C@H]3C)CC1. The second-order valence-electron chi connectivity index (χ2n) is 14.2. The van der Waals surface area contributed by atoms with Gasteiger partial charge in [0.1, 0.15) is 5.75 Å². The van der Waals surface area contributed by atoms with Gasteiger partial charge in [-0.05, 0) is 63.2 Å². The van der Waals surface area contributed by atoms with Gasteiger partial charge in [-0.1, -0.05) is 46.6 Å². The molecule has 4 aliphatic rings. The average Bonchev–Trinajstić information content (AvgIpc) is 2.95. The van der Waals surface area contributed by atoms with Crippen LogP contribution in [-0.2, 0) is 19.2 Å². The molecule has 1 amide bonds. The van der Waals surface area contributed by atoms with Crippen molar-refractivity contribution in [2.24, 2.45) is 34.3 Å². The Morgan fingerprint density at radius 2 is 1.68 bits per heavy atom. The first-order valence-electron chi connectivity index (χ1n) is 15.7. The van der Waals surface area contributed by atoms with Crippen molar-refractivity contribution in [1.29, 1.82) is 0 Å². The van der Waals surface area contributed by atoms with E-state index in [4.69, 9.17) is 5.73 Å². The molecule has 44 heavy (non-hydrogen) atoms. The number of carbonyl (C=O) groups excluding carboxylic acids is 5. The number of aliphatic hydroxyl groups excluding tert-OH is 1. The van der Waals surface area contributed by atoms with Crippen molar-refractivity contribution in [2.45, 2.75) is 95.9 Å². The molecule has 240 valence electrons. The van der Waals surface area contributed by atoms with Crippen molar-refractivity contribution in [2.75, 3.05) is 19.4 Å². The van der Waals surface area contributed by atoms with E-state index in [1.165, 1.54) is 39.3 Å². The van der Waals surface area contributed by atoms with Crippen LogP contribution in [0, 0.1) is 28.6 Å². The van der Waals surface area contributed by atoms with E-state index in [9.17, 15) is 39.3 Å². The first-order chi connectivity index (χ1) is 20.5. The third kappa shape index (κ3) is 4.01. The molecule has 0 aliphatic heterocycles. The Morgan fingerprint density at radius 3 is 2.23 bits per heavy atom. The molecular weight excluding hydrogens is 566 g/mol. The van der Waals surface area contributed by atoms with Crippen molar-refractivity contribution >= 4 is 34.7 Å². The van der Waals surface area contributed by atoms with Crippen molar-refractivity contribution in [3.05, 3.63) is 23.3 Å². The summed E-state index contributed by atoms with van der Waals surface area (Å²) >= 11 is 0. The van der Waals surface area contributed by atoms with E-state index >= 15 is 0 Å². The highest BCUT2D eigenvalue weighted by Gasteiger charge is 2.81. The summed E-state index contributed by atoms with van der Waals surface area (Å²) in [6.45, 7) is 6.71. The third-order valence-corrected chi connectivity index (χ3v) is 11.7. The van der Waals surface area contributed by atoms with Crippen molar-refractivity contribution in [1.82, 2.24) is 4.90 Å². The fourth-order valence-electron chi connectivity index (χ4n) is 9.28. The van der Waals surface area contributed by atoms with Gasteiger partial charge in [-0.3, -0.25) is 28.9 Å². The van der Waals surface area contributed by atoms with Gasteiger partial charge in [0.2, 0.25) is 5.91 Å². The van der Waals surface area contributed by atoms with Gasteiger partial charge in [-0.2, -0.15) is 0 Å². The quantitative estimate of drug-likeness (QED) is 0.235. The lowest BCUT2D eigenvalue weighted by Crippen LogP contribution is -2.84. The van der Waals surface area contributed by atoms with E-state index in [2.05, 4.69) is 12.2 Å². The number of phenols is 1. The number of nitrogens with two attached hydrogens (primary N) is 1. The van der Waals surface area contributed by atoms with E-state index in [-0.39, 0.29) is 17.4 Å². The molecule has 0 saturated heterocycles. The van der Waals surface area contributed by atoms with E-state index < -0.39 is 75.4 Å². The number of ketones is 4. The number of amides is 1. The largest absolute Gasteiger partial charge is 0.505 e. The maximum absolute atomic E-state index is 14.5. The molecule has 0 heterocycles. The van der Waals surface area contributed by atoms with Gasteiger partial charge >= 0.3 is 0 Å². The monoisotopic (exact) mass is 611 g/mol. The molecule has 4 aliphatic carbocycles. The molecule has 3 fully saturated rings. The number of hydrogen-bond acceptors (Lipinski definition) is 10. The number of nitrogens with zero attached hydrogens (tertiary/aromatic N) is 1. The lowest BCUT2D eigenvalue weighted by molar-refractivity contribution is -0.237. The first kappa shape index (κ1) is 32.2. The van der Waals surface area contributed by atoms with Crippen LogP contribution in [0.15, 0.2) is 12.1 Å². The maximum Gasteiger partial charge on any atom is 0.235 e. The van der Waals surface area contributed by atoms with Gasteiger partial charge in [0.25, 0.3) is 0 Å². The predicted octanol–water partition coefficient (Wildman–Crippen LogP) is 1.95. The number of aliphatic hydroxyl groups is 2. The molecule has 8 atom stereocenters. The number of nitrogens with one attached hydrogen (secondary N) is 1. The van der Waals surface area contributed by atoms with Crippen LogP contribution in [0.25, 0.3) is 0 Å². The van der Waals surface area contributed by atoms with Crippen LogP contribution in [0.3, 0.4) is 0 Å². The molecule has 5 rings (SSSR count). The van der Waals surface area contributed by atoms with E-state index in [0.717, 1.165) is 32.1 Å². The van der Waals surface area contributed by atoms with Crippen molar-refractivity contribution in [3.8, 4) is 5.75 Å². The van der Waals surface area contributed by atoms with Crippen LogP contribution in [0.4, 0.5) is 5.69 Å². The van der Waals surface area contributed by atoms with Crippen LogP contribution in [-0.4, -0.2) is 87.1 Å². The zero-order valence-corrected chi connectivity index (χ0v) is 26.3. The minimum Gasteiger partial charge on any atom is -0.505 e. The van der Waals surface area contributed by atoms with E-state index in [1.54, 1.807) is 19.1 Å². The highest BCUT2D eigenvalue weighted by atomic mass is 16.3. The van der Waals surface area contributed by atoms with Crippen LogP contribution in [0.2, 0.25) is 0 Å². The van der Waals surface area contributed by atoms with Gasteiger partial charge in [0.05, 0.1) is 34.7 Å². The number of likely N-dealkylation sites (N-methyl/N-ethyl adjacent to an activating group) is 1. The van der Waals surface area contributed by atoms with Gasteiger partial charge in [-0.25, -0.2) is 0 Å². The van der Waals surface area contributed by atoms with Crippen molar-refractivity contribution in [3.63, 3.8) is 0 Å². The molecule has 11 nitrogen and oxygen atoms in total. The standard InChI is InChI=1S/C33H45N3O8/c1-7-8-16-9-11-17(12-10-16)35-19-14-13-18-15(2)31(3)22(24(38)20(18)23(19)37)28(41)33(44)27(40)21(29(34)42)25(39)26(36(5)6)32(33,4)30(31)43/h13-17,21-22,26,30,35,37,43-44H,7-12H2,1-6H3,(H2,34,42)/t15-,16?,17?,21?,22?,26+,30-,31+,32+,33+/m0/s1. The van der Waals surface area contributed by atoms with Gasteiger partial charge in [-0.15, -0.1) is 0 Å². The zero-order chi connectivity index (χ0) is 32.7. The minimum atomic E-state index is -3.09. The molecule has 0 spiro atoms. The summed E-state index contributed by atoms with van der Waals surface area (Å²) in [4.78, 5) is 69.9. The highest BCUT2D eigenvalue weighted by Crippen LogP contribution is 2.65. The number of Topliss-reactive ketones (excluding diaryl/α,β-unsaturated/α-hetero) is 4. The third-order valence-electron chi connectivity index (χ3n) is 11.7. The number of fused-ring (bicyclic) bond motifs is 3. The predicted molar refractivity (Wildman–Crippen MR) is 161 cm³/mol. The Bertz CT molecular complexity index is 1430.